The molecule has 0 saturated carbocycles. The van der Waals surface area contributed by atoms with E-state index in [0.717, 1.165) is 6.20 Å². The lowest BCUT2D eigenvalue weighted by Gasteiger charge is -2.01. The molecule has 1 saturated heterocycles. The normalized spacial score (nSPS) is 21.8. The summed E-state index contributed by atoms with van der Waals surface area (Å²) in [6.45, 7) is 4.14. The van der Waals surface area contributed by atoms with Crippen LogP contribution < -0.4 is 5.48 Å². The maximum absolute atomic E-state index is 13.0. The highest BCUT2D eigenvalue weighted by Crippen LogP contribution is 2.30. The second-order valence-electron chi connectivity index (χ2n) is 2.51. The zero-order valence-electron chi connectivity index (χ0n) is 6.89. The van der Waals surface area contributed by atoms with E-state index >= 15 is 0 Å². The van der Waals surface area contributed by atoms with Gasteiger partial charge in [-0.1, -0.05) is 18.2 Å². The quantitative estimate of drug-likeness (QED) is 0.667. The van der Waals surface area contributed by atoms with E-state index in [2.05, 4.69) is 6.58 Å². The van der Waals surface area contributed by atoms with Crippen molar-refractivity contribution in [3.63, 3.8) is 0 Å². The highest BCUT2D eigenvalue weighted by molar-refractivity contribution is 6.32. The van der Waals surface area contributed by atoms with Crippen LogP contribution in [0.15, 0.2) is 35.0 Å². The Balaban J connectivity index is 2.91. The largest absolute Gasteiger partial charge is 0.491 e. The predicted molar refractivity (Wildman–Crippen MR) is 45.5 cm³/mol. The molecule has 0 amide bonds. The van der Waals surface area contributed by atoms with E-state index < -0.39 is 5.83 Å². The number of ether oxygens (including phenoxy) is 1. The van der Waals surface area contributed by atoms with E-state index in [1.165, 1.54) is 0 Å². The average molecular weight is 207 g/mol. The lowest BCUT2D eigenvalue weighted by molar-refractivity contribution is -0.839. The third-order valence-electron chi connectivity index (χ3n) is 1.60. The first kappa shape index (κ1) is 10.2. The van der Waals surface area contributed by atoms with Crippen LogP contribution in [0.1, 0.15) is 6.42 Å². The molecule has 72 valence electrons. The fourth-order valence-electron chi connectivity index (χ4n) is 0.958. The Kier molecular flexibility index (Phi) is 3.48. The fourth-order valence-corrected chi connectivity index (χ4v) is 1.21. The van der Waals surface area contributed by atoms with Crippen molar-refractivity contribution in [3.8, 4) is 0 Å². The molecule has 5 heteroatoms. The maximum atomic E-state index is 13.0. The summed E-state index contributed by atoms with van der Waals surface area (Å²) in [5.74, 6) is -0.459. The van der Waals surface area contributed by atoms with Gasteiger partial charge in [0.25, 0.3) is 0 Å². The average Bonchev–Trinajstić information content (AvgIpc) is 2.50. The molecule has 1 rings (SSSR count). The summed E-state index contributed by atoms with van der Waals surface area (Å²) in [4.78, 5) is 0. The molecule has 0 aromatic carbocycles. The second-order valence-corrected chi connectivity index (χ2v) is 2.89. The van der Waals surface area contributed by atoms with Crippen LogP contribution in [0, 0.1) is 0 Å². The number of nitrogens with two attached hydrogens (primary N) is 1. The summed E-state index contributed by atoms with van der Waals surface area (Å²) in [7, 11) is 0. The van der Waals surface area contributed by atoms with Gasteiger partial charge in [-0.2, -0.15) is 9.87 Å². The SMILES string of the molecule is C=C1CCO/C1=C(Cl)/C(F)=C\[NH2+]O. The van der Waals surface area contributed by atoms with E-state index in [-0.39, 0.29) is 10.8 Å². The number of halogens is 2. The Labute approximate surface area is 80.1 Å². The Morgan fingerprint density at radius 1 is 1.77 bits per heavy atom. The molecule has 3 N–H and O–H groups in total. The topological polar surface area (TPSA) is 46.1 Å². The minimum absolute atomic E-state index is 0.146. The minimum atomic E-state index is -0.734. The van der Waals surface area contributed by atoms with Crippen molar-refractivity contribution >= 4 is 11.6 Å². The summed E-state index contributed by atoms with van der Waals surface area (Å²) in [6, 6.07) is 0. The molecule has 0 unspecified atom stereocenters. The third-order valence-corrected chi connectivity index (χ3v) is 1.95. The van der Waals surface area contributed by atoms with Crippen LogP contribution in [-0.2, 0) is 4.74 Å². The van der Waals surface area contributed by atoms with E-state index in [4.69, 9.17) is 21.5 Å². The van der Waals surface area contributed by atoms with Crippen molar-refractivity contribution in [2.75, 3.05) is 6.61 Å². The first-order chi connectivity index (χ1) is 6.16. The molecule has 1 aliphatic rings. The van der Waals surface area contributed by atoms with Crippen molar-refractivity contribution in [1.82, 2.24) is 0 Å². The second kappa shape index (κ2) is 4.41. The van der Waals surface area contributed by atoms with Gasteiger partial charge in [-0.15, -0.1) is 0 Å². The van der Waals surface area contributed by atoms with Gasteiger partial charge >= 0.3 is 0 Å². The van der Waals surface area contributed by atoms with Gasteiger partial charge in [0, 0.05) is 6.42 Å². The van der Waals surface area contributed by atoms with Crippen LogP contribution in [-0.4, -0.2) is 11.8 Å². The molecule has 13 heavy (non-hydrogen) atoms. The standard InChI is InChI=1S/C8H9ClFNO2/c1-5-2-3-13-8(5)7(9)6(10)4-11-12/h4,11-12H,1-3H2/p+1/b6-4+,8-7-. The summed E-state index contributed by atoms with van der Waals surface area (Å²) >= 11 is 5.63. The van der Waals surface area contributed by atoms with E-state index in [0.29, 0.717) is 24.1 Å². The lowest BCUT2D eigenvalue weighted by atomic mass is 10.2. The molecule has 0 aromatic rings. The van der Waals surface area contributed by atoms with Crippen LogP contribution >= 0.6 is 11.6 Å². The molecule has 1 fully saturated rings. The number of allylic oxidation sites excluding steroid dienone is 3. The summed E-state index contributed by atoms with van der Waals surface area (Å²) in [6.07, 6.45) is 1.51. The molecule has 0 atom stereocenters. The number of quaternary nitrogens is 1. The zero-order valence-corrected chi connectivity index (χ0v) is 7.64. The van der Waals surface area contributed by atoms with Crippen molar-refractivity contribution in [2.24, 2.45) is 0 Å². The van der Waals surface area contributed by atoms with Gasteiger partial charge in [-0.3, -0.25) is 0 Å². The summed E-state index contributed by atoms with van der Waals surface area (Å²) < 4.78 is 18.0. The van der Waals surface area contributed by atoms with Crippen molar-refractivity contribution in [3.05, 3.63) is 35.0 Å². The summed E-state index contributed by atoms with van der Waals surface area (Å²) in [5, 5.41) is 8.16. The highest BCUT2D eigenvalue weighted by Gasteiger charge is 2.20. The number of hydroxylamine groups is 1. The molecule has 3 nitrogen and oxygen atoms in total. The van der Waals surface area contributed by atoms with Crippen molar-refractivity contribution in [1.29, 1.82) is 0 Å². The molecule has 0 radical (unpaired) electrons. The number of rotatable bonds is 2. The number of hydrogen-bond acceptors (Lipinski definition) is 2. The van der Waals surface area contributed by atoms with Gasteiger partial charge in [-0.05, 0) is 5.57 Å². The van der Waals surface area contributed by atoms with Gasteiger partial charge in [0.1, 0.15) is 10.8 Å². The Hall–Kier alpha value is -0.840. The molecule has 1 heterocycles. The van der Waals surface area contributed by atoms with Gasteiger partial charge in [-0.25, -0.2) is 5.21 Å². The van der Waals surface area contributed by atoms with Crippen LogP contribution in [0.4, 0.5) is 4.39 Å². The molecule has 0 bridgehead atoms. The Morgan fingerprint density at radius 3 is 2.92 bits per heavy atom. The Bertz CT molecular complexity index is 286. The van der Waals surface area contributed by atoms with Crippen LogP contribution in [0.2, 0.25) is 0 Å². The monoisotopic (exact) mass is 206 g/mol. The Morgan fingerprint density at radius 2 is 2.46 bits per heavy atom. The van der Waals surface area contributed by atoms with Crippen LogP contribution in [0.3, 0.4) is 0 Å². The van der Waals surface area contributed by atoms with Crippen LogP contribution in [0.5, 0.6) is 0 Å². The van der Waals surface area contributed by atoms with Crippen molar-refractivity contribution in [2.45, 2.75) is 6.42 Å². The third kappa shape index (κ3) is 2.30. The maximum Gasteiger partial charge on any atom is 0.201 e. The first-order valence-electron chi connectivity index (χ1n) is 3.71. The van der Waals surface area contributed by atoms with Gasteiger partial charge in [0.2, 0.25) is 5.83 Å². The zero-order chi connectivity index (χ0) is 9.84. The first-order valence-corrected chi connectivity index (χ1v) is 4.09. The predicted octanol–water partition coefficient (Wildman–Crippen LogP) is 1.18. The molecule has 0 spiro atoms. The smallest absolute Gasteiger partial charge is 0.201 e. The molecule has 0 aliphatic carbocycles. The molecular formula is C8H10ClFNO2+. The molecule has 1 aliphatic heterocycles. The van der Waals surface area contributed by atoms with Gasteiger partial charge in [0.05, 0.1) is 6.61 Å². The van der Waals surface area contributed by atoms with E-state index in [1.54, 1.807) is 0 Å². The lowest BCUT2D eigenvalue weighted by Crippen LogP contribution is -2.73. The summed E-state index contributed by atoms with van der Waals surface area (Å²) in [5.41, 5.74) is 1.25. The van der Waals surface area contributed by atoms with Gasteiger partial charge < -0.3 is 4.74 Å². The molecule has 0 aromatic heterocycles. The minimum Gasteiger partial charge on any atom is -0.491 e. The van der Waals surface area contributed by atoms with Crippen LogP contribution in [0.25, 0.3) is 0 Å². The van der Waals surface area contributed by atoms with Gasteiger partial charge in [0.15, 0.2) is 6.20 Å². The molecular weight excluding hydrogens is 197 g/mol. The fraction of sp³-hybridized carbons (Fsp3) is 0.250. The highest BCUT2D eigenvalue weighted by atomic mass is 35.5. The van der Waals surface area contributed by atoms with E-state index in [9.17, 15) is 4.39 Å². The number of hydrogen-bond donors (Lipinski definition) is 2. The van der Waals surface area contributed by atoms with E-state index in [1.807, 2.05) is 0 Å². The van der Waals surface area contributed by atoms with Crippen molar-refractivity contribution < 1.29 is 19.8 Å².